The number of ketones is 1. The topological polar surface area (TPSA) is 168 Å². The Kier molecular flexibility index (Phi) is 7.22. The normalized spacial score (nSPS) is 42.8. The van der Waals surface area contributed by atoms with Gasteiger partial charge in [-0.25, -0.2) is 9.59 Å². The van der Waals surface area contributed by atoms with Crippen molar-refractivity contribution < 1.29 is 57.2 Å². The van der Waals surface area contributed by atoms with Crippen LogP contribution in [0.1, 0.15) is 79.4 Å². The van der Waals surface area contributed by atoms with E-state index in [0.717, 1.165) is 14.0 Å². The van der Waals surface area contributed by atoms with Crippen LogP contribution in [0.15, 0.2) is 34.7 Å². The molecule has 12 nitrogen and oxygen atoms in total. The summed E-state index contributed by atoms with van der Waals surface area (Å²) >= 11 is 0. The molecule has 5 aliphatic rings. The van der Waals surface area contributed by atoms with Crippen LogP contribution in [0.3, 0.4) is 0 Å². The molecule has 1 aromatic rings. The molecule has 6 rings (SSSR count). The number of methoxy groups -OCH3 is 1. The summed E-state index contributed by atoms with van der Waals surface area (Å²) in [4.78, 5) is 67.6. The van der Waals surface area contributed by atoms with Gasteiger partial charge in [-0.2, -0.15) is 0 Å². The van der Waals surface area contributed by atoms with Crippen molar-refractivity contribution in [1.82, 2.24) is 0 Å². The smallest absolute Gasteiger partial charge is 0.347 e. The first-order chi connectivity index (χ1) is 21.5. The zero-order valence-electron chi connectivity index (χ0n) is 27.4. The van der Waals surface area contributed by atoms with E-state index in [9.17, 15) is 29.1 Å². The number of cyclic esters (lactones) is 1. The Labute approximate surface area is 267 Å². The molecule has 3 aliphatic carbocycles. The van der Waals surface area contributed by atoms with Gasteiger partial charge >= 0.3 is 23.9 Å². The van der Waals surface area contributed by atoms with Crippen LogP contribution >= 0.6 is 0 Å². The Morgan fingerprint density at radius 2 is 1.80 bits per heavy atom. The summed E-state index contributed by atoms with van der Waals surface area (Å²) in [5.74, 6) is -5.86. The fraction of sp³-hybridized carbons (Fsp3) is 0.676. The van der Waals surface area contributed by atoms with Crippen molar-refractivity contribution in [2.75, 3.05) is 7.11 Å². The fourth-order valence-corrected chi connectivity index (χ4v) is 10.2. The molecule has 0 amide bonds. The van der Waals surface area contributed by atoms with Crippen LogP contribution in [0.25, 0.3) is 0 Å². The molecule has 1 spiro atoms. The van der Waals surface area contributed by atoms with Gasteiger partial charge in [0.25, 0.3) is 0 Å². The molecule has 46 heavy (non-hydrogen) atoms. The third-order valence-corrected chi connectivity index (χ3v) is 12.1. The number of carbonyl (C=O) groups excluding carboxylic acids is 5. The number of epoxide rings is 1. The highest BCUT2D eigenvalue weighted by Crippen LogP contribution is 2.78. The lowest BCUT2D eigenvalue weighted by atomic mass is 9.36. The number of carbonyl (C=O) groups is 5. The molecule has 2 bridgehead atoms. The molecule has 5 fully saturated rings. The predicted molar refractivity (Wildman–Crippen MR) is 156 cm³/mol. The van der Waals surface area contributed by atoms with Gasteiger partial charge in [0, 0.05) is 52.1 Å². The molecule has 2 aliphatic heterocycles. The largest absolute Gasteiger partial charge is 0.472 e. The third kappa shape index (κ3) is 3.95. The number of esters is 4. The lowest BCUT2D eigenvalue weighted by Gasteiger charge is -2.67. The van der Waals surface area contributed by atoms with Gasteiger partial charge in [0.2, 0.25) is 6.10 Å². The van der Waals surface area contributed by atoms with Crippen molar-refractivity contribution in [3.8, 4) is 0 Å². The molecule has 3 saturated carbocycles. The molecule has 1 N–H and O–H groups in total. The van der Waals surface area contributed by atoms with E-state index in [4.69, 9.17) is 28.1 Å². The Morgan fingerprint density at radius 3 is 2.39 bits per heavy atom. The van der Waals surface area contributed by atoms with Crippen LogP contribution in [-0.2, 0) is 47.7 Å². The number of fused-ring (bicyclic) bond motifs is 5. The van der Waals surface area contributed by atoms with E-state index < -0.39 is 99.3 Å². The lowest BCUT2D eigenvalue weighted by Crippen LogP contribution is -2.81. The van der Waals surface area contributed by atoms with Gasteiger partial charge in [0.15, 0.2) is 11.4 Å². The van der Waals surface area contributed by atoms with Crippen LogP contribution in [0, 0.1) is 34.0 Å². The van der Waals surface area contributed by atoms with Crippen LogP contribution < -0.4 is 0 Å². The highest BCUT2D eigenvalue weighted by molar-refractivity contribution is 5.99. The van der Waals surface area contributed by atoms with Crippen molar-refractivity contribution in [3.63, 3.8) is 0 Å². The Morgan fingerprint density at radius 1 is 1.11 bits per heavy atom. The standard InChI is InChI=1S/C34H42O12/c1-9-16(2)25(37)45-28-30(4,5)23(22(26(38)41-8)43-17(3)35)32(7)19-10-12-31(6)20(34(19)29(46-34)33(28,40)27(32)39)14-21(36)44-24(31)18-11-13-42-15-18/h9,11,13,15,19-20,22-24,28-29,40H,10,12,14H2,1-8H3/t19-,20-,22-,23+,24+,28+,29-,31-,32-,33+,34-/m1/s1. The average molecular weight is 643 g/mol. The van der Waals surface area contributed by atoms with Crippen LogP contribution in [0.5, 0.6) is 0 Å². The molecule has 11 atom stereocenters. The average Bonchev–Trinajstić information content (AvgIpc) is 3.49. The molecule has 3 heterocycles. The van der Waals surface area contributed by atoms with Gasteiger partial charge in [-0.15, -0.1) is 0 Å². The maximum atomic E-state index is 15.0. The molecular formula is C34H42O12. The van der Waals surface area contributed by atoms with E-state index in [1.807, 2.05) is 6.92 Å². The number of hydrogen-bond acceptors (Lipinski definition) is 12. The predicted octanol–water partition coefficient (Wildman–Crippen LogP) is 3.40. The first-order valence-electron chi connectivity index (χ1n) is 15.7. The van der Waals surface area contributed by atoms with E-state index in [1.54, 1.807) is 46.8 Å². The minimum Gasteiger partial charge on any atom is -0.472 e. The zero-order chi connectivity index (χ0) is 33.8. The molecule has 2 saturated heterocycles. The molecule has 0 radical (unpaired) electrons. The monoisotopic (exact) mass is 642 g/mol. The van der Waals surface area contributed by atoms with Crippen molar-refractivity contribution in [3.05, 3.63) is 35.8 Å². The number of furan rings is 1. The SMILES string of the molecule is CC=C(C)C(=O)O[C@H]1C(C)(C)[C@H]([C@@H](OC(C)=O)C(=O)OC)[C@]2(C)C(=O)[C@@]1(O)[C@H]1O[C@]13[C@@H]1CC(=O)O[C@@H](c4ccoc4)[C@]1(C)CC[C@H]23. The quantitative estimate of drug-likeness (QED) is 0.208. The summed E-state index contributed by atoms with van der Waals surface area (Å²) < 4.78 is 34.7. The van der Waals surface area contributed by atoms with Crippen molar-refractivity contribution >= 4 is 29.7 Å². The van der Waals surface area contributed by atoms with Gasteiger partial charge in [0.05, 0.1) is 26.1 Å². The Hall–Kier alpha value is -3.51. The zero-order valence-corrected chi connectivity index (χ0v) is 27.4. The Bertz CT molecular complexity index is 1530. The van der Waals surface area contributed by atoms with E-state index in [1.165, 1.54) is 12.5 Å². The van der Waals surface area contributed by atoms with Crippen molar-refractivity contribution in [2.24, 2.45) is 34.0 Å². The van der Waals surface area contributed by atoms with Gasteiger partial charge in [-0.3, -0.25) is 14.4 Å². The van der Waals surface area contributed by atoms with Crippen LogP contribution in [-0.4, -0.2) is 71.4 Å². The van der Waals surface area contributed by atoms with Gasteiger partial charge in [-0.05, 0) is 32.8 Å². The second-order valence-electron chi connectivity index (χ2n) is 14.7. The highest BCUT2D eigenvalue weighted by Gasteiger charge is 2.91. The molecule has 0 aromatic carbocycles. The number of ether oxygens (including phenoxy) is 5. The van der Waals surface area contributed by atoms with Crippen LogP contribution in [0.4, 0.5) is 0 Å². The van der Waals surface area contributed by atoms with Gasteiger partial charge in [-0.1, -0.05) is 33.8 Å². The number of hydrogen-bond donors (Lipinski definition) is 1. The second kappa shape index (κ2) is 10.2. The van der Waals surface area contributed by atoms with Crippen LogP contribution in [0.2, 0.25) is 0 Å². The maximum Gasteiger partial charge on any atom is 0.347 e. The molecule has 0 unspecified atom stereocenters. The highest BCUT2D eigenvalue weighted by atomic mass is 16.6. The van der Waals surface area contributed by atoms with Crippen molar-refractivity contribution in [1.29, 1.82) is 0 Å². The first-order valence-corrected chi connectivity index (χ1v) is 15.7. The maximum absolute atomic E-state index is 15.0. The summed E-state index contributed by atoms with van der Waals surface area (Å²) in [6.07, 6.45) is 0.521. The molecule has 1 aromatic heterocycles. The molecule has 12 heteroatoms. The van der Waals surface area contributed by atoms with Gasteiger partial charge in [0.1, 0.15) is 23.9 Å². The third-order valence-electron chi connectivity index (χ3n) is 12.1. The Balaban J connectivity index is 1.58. The summed E-state index contributed by atoms with van der Waals surface area (Å²) in [5.41, 5.74) is -6.29. The second-order valence-corrected chi connectivity index (χ2v) is 14.7. The summed E-state index contributed by atoms with van der Waals surface area (Å²) in [6, 6.07) is 1.74. The van der Waals surface area contributed by atoms with E-state index >= 15 is 0 Å². The van der Waals surface area contributed by atoms with E-state index in [0.29, 0.717) is 18.4 Å². The summed E-state index contributed by atoms with van der Waals surface area (Å²) in [6.45, 7) is 11.4. The summed E-state index contributed by atoms with van der Waals surface area (Å²) in [7, 11) is 1.15. The number of allylic oxidation sites excluding steroid dienone is 1. The first kappa shape index (κ1) is 32.4. The minimum atomic E-state index is -2.36. The molecular weight excluding hydrogens is 600 g/mol. The van der Waals surface area contributed by atoms with Crippen molar-refractivity contribution in [2.45, 2.75) is 103 Å². The number of Topliss-reactive ketones (excluding diaryl/α,β-unsaturated/α-hetero) is 1. The number of rotatable bonds is 6. The van der Waals surface area contributed by atoms with E-state index in [2.05, 4.69) is 0 Å². The lowest BCUT2D eigenvalue weighted by molar-refractivity contribution is -0.261. The summed E-state index contributed by atoms with van der Waals surface area (Å²) in [5, 5.41) is 12.8. The minimum absolute atomic E-state index is 0.0429. The van der Waals surface area contributed by atoms with Gasteiger partial charge < -0.3 is 33.2 Å². The van der Waals surface area contributed by atoms with E-state index in [-0.39, 0.29) is 12.0 Å². The molecule has 250 valence electrons. The number of aliphatic hydroxyl groups is 1. The fourth-order valence-electron chi connectivity index (χ4n) is 10.2.